The van der Waals surface area contributed by atoms with E-state index in [0.29, 0.717) is 19.1 Å². The molecule has 0 bridgehead atoms. The van der Waals surface area contributed by atoms with Crippen molar-refractivity contribution in [3.63, 3.8) is 0 Å². The molecule has 1 aliphatic rings. The van der Waals surface area contributed by atoms with Gasteiger partial charge in [0.2, 0.25) is 0 Å². The molecule has 0 aliphatic carbocycles. The van der Waals surface area contributed by atoms with Crippen LogP contribution in [-0.4, -0.2) is 37.7 Å². The fourth-order valence-corrected chi connectivity index (χ4v) is 2.40. The van der Waals surface area contributed by atoms with Gasteiger partial charge in [0, 0.05) is 25.6 Å². The van der Waals surface area contributed by atoms with Gasteiger partial charge in [0.15, 0.2) is 0 Å². The van der Waals surface area contributed by atoms with Crippen molar-refractivity contribution >= 4 is 11.9 Å². The molecule has 1 amide bonds. The van der Waals surface area contributed by atoms with Crippen LogP contribution in [0.4, 0.5) is 8.78 Å². The van der Waals surface area contributed by atoms with Gasteiger partial charge in [0.05, 0.1) is 11.7 Å². The minimum atomic E-state index is -0.917. The number of ether oxygens (including phenoxy) is 2. The Morgan fingerprint density at radius 3 is 2.83 bits per heavy atom. The van der Waals surface area contributed by atoms with E-state index >= 15 is 0 Å². The fourth-order valence-electron chi connectivity index (χ4n) is 2.40. The molecule has 1 aliphatic heterocycles. The normalized spacial score (nSPS) is 17.3. The third-order valence-corrected chi connectivity index (χ3v) is 3.72. The second kappa shape index (κ2) is 9.32. The van der Waals surface area contributed by atoms with Crippen molar-refractivity contribution in [1.82, 2.24) is 5.32 Å². The summed E-state index contributed by atoms with van der Waals surface area (Å²) in [5.74, 6) is -2.66. The molecule has 132 valence electrons. The lowest BCUT2D eigenvalue weighted by Gasteiger charge is -2.22. The molecule has 0 saturated carbocycles. The zero-order valence-electron chi connectivity index (χ0n) is 13.4. The molecule has 1 unspecified atom stereocenters. The fraction of sp³-hybridized carbons (Fsp3) is 0.529. The lowest BCUT2D eigenvalue weighted by atomic mass is 10.1. The predicted molar refractivity (Wildman–Crippen MR) is 82.5 cm³/mol. The maximum atomic E-state index is 13.4. The van der Waals surface area contributed by atoms with Gasteiger partial charge in [-0.2, -0.15) is 0 Å². The first-order chi connectivity index (χ1) is 11.6. The van der Waals surface area contributed by atoms with E-state index in [1.54, 1.807) is 0 Å². The summed E-state index contributed by atoms with van der Waals surface area (Å²) in [6, 6.07) is 2.75. The highest BCUT2D eigenvalue weighted by Gasteiger charge is 2.16. The van der Waals surface area contributed by atoms with E-state index in [9.17, 15) is 18.4 Å². The molecule has 1 atom stereocenters. The highest BCUT2D eigenvalue weighted by atomic mass is 19.1. The summed E-state index contributed by atoms with van der Waals surface area (Å²) in [5.41, 5.74) is -0.228. The predicted octanol–water partition coefficient (Wildman–Crippen LogP) is 2.59. The molecular formula is C17H21F2NO4. The van der Waals surface area contributed by atoms with Crippen LogP contribution in [0.2, 0.25) is 0 Å². The molecule has 1 fully saturated rings. The van der Waals surface area contributed by atoms with Gasteiger partial charge in [-0.05, 0) is 37.8 Å². The number of esters is 1. The smallest absolute Gasteiger partial charge is 0.305 e. The molecular weight excluding hydrogens is 320 g/mol. The lowest BCUT2D eigenvalue weighted by Crippen LogP contribution is -2.27. The summed E-state index contributed by atoms with van der Waals surface area (Å²) in [5, 5.41) is 2.49. The number of hydrogen-bond acceptors (Lipinski definition) is 4. The molecule has 1 aromatic carbocycles. The van der Waals surface area contributed by atoms with E-state index in [1.165, 1.54) is 0 Å². The standard InChI is InChI=1S/C17H21F2NO4/c18-12-6-7-14(15(19)10-12)17(22)20-8-3-5-16(21)24-11-13-4-1-2-9-23-13/h6-7,10,13H,1-5,8-9,11H2,(H,20,22). The van der Waals surface area contributed by atoms with Crippen LogP contribution in [0, 0.1) is 11.6 Å². The number of amides is 1. The monoisotopic (exact) mass is 341 g/mol. The zero-order chi connectivity index (χ0) is 17.4. The number of nitrogens with one attached hydrogen (secondary N) is 1. The van der Waals surface area contributed by atoms with Gasteiger partial charge in [0.1, 0.15) is 18.2 Å². The first-order valence-electron chi connectivity index (χ1n) is 8.07. The van der Waals surface area contributed by atoms with Gasteiger partial charge in [-0.3, -0.25) is 9.59 Å². The summed E-state index contributed by atoms with van der Waals surface area (Å²) in [6.07, 6.45) is 3.51. The highest BCUT2D eigenvalue weighted by molar-refractivity contribution is 5.94. The average molecular weight is 341 g/mol. The van der Waals surface area contributed by atoms with E-state index in [0.717, 1.165) is 31.4 Å². The van der Waals surface area contributed by atoms with Crippen molar-refractivity contribution in [2.24, 2.45) is 0 Å². The van der Waals surface area contributed by atoms with Crippen LogP contribution >= 0.6 is 0 Å². The molecule has 7 heteroatoms. The highest BCUT2D eigenvalue weighted by Crippen LogP contribution is 2.13. The van der Waals surface area contributed by atoms with Gasteiger partial charge in [-0.1, -0.05) is 0 Å². The zero-order valence-corrected chi connectivity index (χ0v) is 13.4. The Balaban J connectivity index is 1.61. The van der Waals surface area contributed by atoms with Crippen molar-refractivity contribution in [1.29, 1.82) is 0 Å². The number of carbonyl (C=O) groups is 2. The van der Waals surface area contributed by atoms with Crippen LogP contribution in [0.25, 0.3) is 0 Å². The molecule has 2 rings (SSSR count). The molecule has 0 spiro atoms. The van der Waals surface area contributed by atoms with Gasteiger partial charge in [0.25, 0.3) is 5.91 Å². The van der Waals surface area contributed by atoms with Crippen molar-refractivity contribution in [2.45, 2.75) is 38.2 Å². The number of hydrogen-bond donors (Lipinski definition) is 1. The van der Waals surface area contributed by atoms with Crippen LogP contribution in [0.3, 0.4) is 0 Å². The van der Waals surface area contributed by atoms with E-state index in [4.69, 9.17) is 9.47 Å². The molecule has 0 radical (unpaired) electrons. The molecule has 0 aromatic heterocycles. The minimum Gasteiger partial charge on any atom is -0.463 e. The Kier molecular flexibility index (Phi) is 7.11. The minimum absolute atomic E-state index is 0.0242. The first kappa shape index (κ1) is 18.3. The molecule has 1 saturated heterocycles. The molecule has 5 nitrogen and oxygen atoms in total. The Bertz CT molecular complexity index is 574. The maximum Gasteiger partial charge on any atom is 0.305 e. The Labute approximate surface area is 139 Å². The summed E-state index contributed by atoms with van der Waals surface area (Å²) >= 11 is 0. The number of rotatable bonds is 7. The second-order valence-corrected chi connectivity index (χ2v) is 5.66. The van der Waals surface area contributed by atoms with Gasteiger partial charge >= 0.3 is 5.97 Å². The average Bonchev–Trinajstić information content (AvgIpc) is 2.57. The SMILES string of the molecule is O=C(CCCNC(=O)c1ccc(F)cc1F)OCC1CCCCO1. The summed E-state index contributed by atoms with van der Waals surface area (Å²) in [7, 11) is 0. The lowest BCUT2D eigenvalue weighted by molar-refractivity contribution is -0.149. The summed E-state index contributed by atoms with van der Waals surface area (Å²) < 4.78 is 36.8. The summed E-state index contributed by atoms with van der Waals surface area (Å²) in [6.45, 7) is 1.16. The first-order valence-corrected chi connectivity index (χ1v) is 8.07. The van der Waals surface area contributed by atoms with Gasteiger partial charge in [-0.25, -0.2) is 8.78 Å². The number of carbonyl (C=O) groups excluding carboxylic acids is 2. The van der Waals surface area contributed by atoms with Crippen molar-refractivity contribution in [3.8, 4) is 0 Å². The molecule has 1 heterocycles. The number of halogens is 2. The second-order valence-electron chi connectivity index (χ2n) is 5.66. The Hall–Kier alpha value is -2.02. The van der Waals surface area contributed by atoms with Crippen LogP contribution in [0.1, 0.15) is 42.5 Å². The third-order valence-electron chi connectivity index (χ3n) is 3.72. The van der Waals surface area contributed by atoms with Gasteiger partial charge < -0.3 is 14.8 Å². The Morgan fingerprint density at radius 2 is 2.12 bits per heavy atom. The molecule has 1 N–H and O–H groups in total. The van der Waals surface area contributed by atoms with Gasteiger partial charge in [-0.15, -0.1) is 0 Å². The van der Waals surface area contributed by atoms with Crippen molar-refractivity contribution < 1.29 is 27.8 Å². The van der Waals surface area contributed by atoms with Crippen LogP contribution in [0.5, 0.6) is 0 Å². The Morgan fingerprint density at radius 1 is 1.29 bits per heavy atom. The van der Waals surface area contributed by atoms with E-state index in [2.05, 4.69) is 5.32 Å². The summed E-state index contributed by atoms with van der Waals surface area (Å²) in [4.78, 5) is 23.3. The third kappa shape index (κ3) is 5.88. The molecule has 24 heavy (non-hydrogen) atoms. The number of benzene rings is 1. The van der Waals surface area contributed by atoms with E-state index < -0.39 is 17.5 Å². The van der Waals surface area contributed by atoms with E-state index in [-0.39, 0.29) is 37.2 Å². The topological polar surface area (TPSA) is 64.6 Å². The van der Waals surface area contributed by atoms with Crippen molar-refractivity contribution in [2.75, 3.05) is 19.8 Å². The molecule has 1 aromatic rings. The van der Waals surface area contributed by atoms with Crippen LogP contribution < -0.4 is 5.32 Å². The van der Waals surface area contributed by atoms with Crippen molar-refractivity contribution in [3.05, 3.63) is 35.4 Å². The maximum absolute atomic E-state index is 13.4. The van der Waals surface area contributed by atoms with Crippen LogP contribution in [-0.2, 0) is 14.3 Å². The van der Waals surface area contributed by atoms with E-state index in [1.807, 2.05) is 0 Å². The largest absolute Gasteiger partial charge is 0.463 e. The quantitative estimate of drug-likeness (QED) is 0.612. The van der Waals surface area contributed by atoms with Crippen LogP contribution in [0.15, 0.2) is 18.2 Å².